The average Bonchev–Trinajstić information content (AvgIpc) is 2.50. The molecule has 0 N–H and O–H groups in total. The minimum Gasteiger partial charge on any atom is -0.377 e. The molecule has 1 fully saturated rings. The van der Waals surface area contributed by atoms with E-state index in [0.29, 0.717) is 5.54 Å². The van der Waals surface area contributed by atoms with E-state index >= 15 is 0 Å². The van der Waals surface area contributed by atoms with Gasteiger partial charge >= 0.3 is 8.80 Å². The molecule has 0 aromatic rings. The van der Waals surface area contributed by atoms with Crippen molar-refractivity contribution >= 4 is 14.5 Å². The summed E-state index contributed by atoms with van der Waals surface area (Å²) in [6.07, 6.45) is 9.57. The summed E-state index contributed by atoms with van der Waals surface area (Å²) in [6.45, 7) is 3.07. The molecule has 1 aliphatic rings. The van der Waals surface area contributed by atoms with E-state index in [4.69, 9.17) is 18.3 Å². The van der Waals surface area contributed by atoms with Gasteiger partial charge in [-0.05, 0) is 38.5 Å². The molecule has 1 atom stereocenters. The third kappa shape index (κ3) is 4.95. The Hall–Kier alpha value is -0.233. The summed E-state index contributed by atoms with van der Waals surface area (Å²) >= 11 is 0. The molecular formula is C15H31NO3Si. The molecule has 20 heavy (non-hydrogen) atoms. The highest BCUT2D eigenvalue weighted by molar-refractivity contribution is 6.62. The van der Waals surface area contributed by atoms with Gasteiger partial charge in [0.25, 0.3) is 0 Å². The van der Waals surface area contributed by atoms with Crippen LogP contribution in [0.1, 0.15) is 58.3 Å². The maximum Gasteiger partial charge on any atom is 0.503 e. The molecule has 1 rings (SSSR count). The van der Waals surface area contributed by atoms with E-state index in [2.05, 4.69) is 6.92 Å². The molecule has 118 valence electrons. The molecule has 0 radical (unpaired) electrons. The van der Waals surface area contributed by atoms with Crippen LogP contribution in [-0.4, -0.2) is 42.4 Å². The van der Waals surface area contributed by atoms with Crippen molar-refractivity contribution in [2.75, 3.05) is 27.9 Å². The first-order valence-electron chi connectivity index (χ1n) is 7.90. The van der Waals surface area contributed by atoms with Crippen molar-refractivity contribution in [1.82, 2.24) is 0 Å². The minimum absolute atomic E-state index is 0.348. The quantitative estimate of drug-likeness (QED) is 0.608. The second-order valence-electron chi connectivity index (χ2n) is 5.50. The topological polar surface area (TPSA) is 40.0 Å². The maximum absolute atomic E-state index is 5.64. The molecule has 4 nitrogen and oxygen atoms in total. The lowest BCUT2D eigenvalue weighted by atomic mass is 9.98. The average molecular weight is 302 g/mol. The lowest BCUT2D eigenvalue weighted by molar-refractivity contribution is 0.108. The fourth-order valence-corrected chi connectivity index (χ4v) is 5.72. The largest absolute Gasteiger partial charge is 0.503 e. The van der Waals surface area contributed by atoms with Crippen molar-refractivity contribution in [2.45, 2.75) is 63.8 Å². The van der Waals surface area contributed by atoms with Gasteiger partial charge in [0.05, 0.1) is 0 Å². The number of aliphatic imine (C=N–C) groups is 1. The molecule has 0 spiro atoms. The second-order valence-corrected chi connectivity index (χ2v) is 8.75. The van der Waals surface area contributed by atoms with Crippen molar-refractivity contribution in [3.05, 3.63) is 0 Å². The van der Waals surface area contributed by atoms with Gasteiger partial charge in [-0.15, -0.1) is 0 Å². The lowest BCUT2D eigenvalue weighted by Gasteiger charge is -2.32. The molecular weight excluding hydrogens is 270 g/mol. The van der Waals surface area contributed by atoms with Crippen LogP contribution in [0.15, 0.2) is 4.99 Å². The van der Waals surface area contributed by atoms with Gasteiger partial charge in [0.15, 0.2) is 0 Å². The summed E-state index contributed by atoms with van der Waals surface area (Å²) in [5.74, 6) is 0. The highest BCUT2D eigenvalue weighted by Gasteiger charge is 2.46. The Morgan fingerprint density at radius 1 is 1.00 bits per heavy atom. The third-order valence-electron chi connectivity index (χ3n) is 4.23. The molecule has 0 amide bonds. The van der Waals surface area contributed by atoms with Gasteiger partial charge < -0.3 is 13.3 Å². The maximum atomic E-state index is 5.64. The fourth-order valence-electron chi connectivity index (χ4n) is 3.09. The van der Waals surface area contributed by atoms with Crippen LogP contribution in [-0.2, 0) is 13.3 Å². The van der Waals surface area contributed by atoms with E-state index in [-0.39, 0.29) is 0 Å². The predicted molar refractivity (Wildman–Crippen MR) is 85.4 cm³/mol. The van der Waals surface area contributed by atoms with Gasteiger partial charge in [-0.1, -0.05) is 19.8 Å². The Morgan fingerprint density at radius 3 is 2.10 bits per heavy atom. The Bertz CT molecular complexity index is 277. The van der Waals surface area contributed by atoms with Crippen LogP contribution in [0, 0.1) is 0 Å². The molecule has 0 aromatic heterocycles. The number of nitrogens with zero attached hydrogens (tertiary/aromatic N) is 1. The van der Waals surface area contributed by atoms with Crippen LogP contribution in [0.5, 0.6) is 0 Å². The molecule has 5 heteroatoms. The fraction of sp³-hybridized carbons (Fsp3) is 0.933. The van der Waals surface area contributed by atoms with E-state index in [0.717, 1.165) is 25.8 Å². The molecule has 1 unspecified atom stereocenters. The highest BCUT2D eigenvalue weighted by atomic mass is 28.4. The molecule has 0 bridgehead atoms. The van der Waals surface area contributed by atoms with Gasteiger partial charge in [0, 0.05) is 39.1 Å². The second kappa shape index (κ2) is 9.66. The SMILES string of the molecule is CCCC(CCN=C1CCCCC1)[Si](OC)(OC)OC. The minimum atomic E-state index is -2.52. The van der Waals surface area contributed by atoms with Gasteiger partial charge in [-0.3, -0.25) is 4.99 Å². The Morgan fingerprint density at radius 2 is 1.60 bits per heavy atom. The smallest absolute Gasteiger partial charge is 0.377 e. The summed E-state index contributed by atoms with van der Waals surface area (Å²) in [6, 6.07) is 0. The highest BCUT2D eigenvalue weighted by Crippen LogP contribution is 2.32. The molecule has 1 saturated carbocycles. The zero-order valence-corrected chi connectivity index (χ0v) is 14.6. The Labute approximate surface area is 125 Å². The van der Waals surface area contributed by atoms with Crippen LogP contribution in [0.25, 0.3) is 0 Å². The number of hydrogen-bond acceptors (Lipinski definition) is 4. The van der Waals surface area contributed by atoms with Gasteiger partial charge in [0.1, 0.15) is 0 Å². The summed E-state index contributed by atoms with van der Waals surface area (Å²) in [5.41, 5.74) is 1.76. The van der Waals surface area contributed by atoms with Gasteiger partial charge in [0.2, 0.25) is 0 Å². The lowest BCUT2D eigenvalue weighted by Crippen LogP contribution is -2.48. The predicted octanol–water partition coefficient (Wildman–Crippen LogP) is 3.83. The van der Waals surface area contributed by atoms with Crippen LogP contribution < -0.4 is 0 Å². The first-order valence-corrected chi connectivity index (χ1v) is 9.70. The summed E-state index contributed by atoms with van der Waals surface area (Å²) in [7, 11) is 2.59. The number of rotatable bonds is 9. The van der Waals surface area contributed by atoms with Crippen LogP contribution in [0.4, 0.5) is 0 Å². The summed E-state index contributed by atoms with van der Waals surface area (Å²) < 4.78 is 16.9. The Kier molecular flexibility index (Phi) is 8.60. The van der Waals surface area contributed by atoms with Gasteiger partial charge in [-0.2, -0.15) is 0 Å². The summed E-state index contributed by atoms with van der Waals surface area (Å²) in [5, 5.41) is 0. The van der Waals surface area contributed by atoms with Crippen molar-refractivity contribution in [1.29, 1.82) is 0 Å². The van der Waals surface area contributed by atoms with Crippen molar-refractivity contribution in [3.8, 4) is 0 Å². The first-order chi connectivity index (χ1) is 9.72. The van der Waals surface area contributed by atoms with E-state index in [1.807, 2.05) is 0 Å². The van der Waals surface area contributed by atoms with Crippen LogP contribution >= 0.6 is 0 Å². The molecule has 0 heterocycles. The molecule has 1 aliphatic carbocycles. The van der Waals surface area contributed by atoms with E-state index < -0.39 is 8.80 Å². The van der Waals surface area contributed by atoms with E-state index in [1.54, 1.807) is 21.3 Å². The zero-order chi connectivity index (χ0) is 14.8. The Balaban J connectivity index is 2.57. The third-order valence-corrected chi connectivity index (χ3v) is 7.52. The van der Waals surface area contributed by atoms with Crippen molar-refractivity contribution in [3.63, 3.8) is 0 Å². The standard InChI is InChI=1S/C15H31NO3Si/c1-5-9-15(20(17-2,18-3)19-4)12-13-16-14-10-7-6-8-11-14/h15H,5-13H2,1-4H3. The molecule has 0 aromatic carbocycles. The summed E-state index contributed by atoms with van der Waals surface area (Å²) in [4.78, 5) is 4.79. The molecule has 0 saturated heterocycles. The van der Waals surface area contributed by atoms with E-state index in [1.165, 1.54) is 37.8 Å². The normalized spacial score (nSPS) is 18.1. The van der Waals surface area contributed by atoms with Crippen molar-refractivity contribution in [2.24, 2.45) is 4.99 Å². The first kappa shape index (κ1) is 17.8. The van der Waals surface area contributed by atoms with E-state index in [9.17, 15) is 0 Å². The van der Waals surface area contributed by atoms with Crippen molar-refractivity contribution < 1.29 is 13.3 Å². The van der Waals surface area contributed by atoms with Gasteiger partial charge in [-0.25, -0.2) is 0 Å². The zero-order valence-electron chi connectivity index (χ0n) is 13.6. The monoisotopic (exact) mass is 301 g/mol. The number of hydrogen-bond donors (Lipinski definition) is 0. The van der Waals surface area contributed by atoms with Crippen LogP contribution in [0.2, 0.25) is 5.54 Å². The van der Waals surface area contributed by atoms with Crippen LogP contribution in [0.3, 0.4) is 0 Å². The molecule has 0 aliphatic heterocycles.